The fraction of sp³-hybridized carbons (Fsp3) is 0.667. The molecule has 0 aliphatic carbocycles. The molecule has 1 aromatic carbocycles. The molecule has 1 aliphatic heterocycles. The van der Waals surface area contributed by atoms with E-state index in [0.717, 1.165) is 27.9 Å². The summed E-state index contributed by atoms with van der Waals surface area (Å²) in [7, 11) is -3.43. The van der Waals surface area contributed by atoms with E-state index in [1.54, 1.807) is 25.7 Å². The molecular weight excluding hydrogens is 440 g/mol. The monoisotopic (exact) mass is 480 g/mol. The predicted molar refractivity (Wildman–Crippen MR) is 133 cm³/mol. The standard InChI is InChI=1S/C24H40N4O4S/c1-14(2)25-22(29)20-15(3)17(5)21(18(6)16(20)4)26-23(30)28-12-10-19(11-13-28)27-33(31,32)24(7,8)9/h14,19,27H,10-13H2,1-9H3,(H,25,29)(H,26,30). The van der Waals surface area contributed by atoms with E-state index < -0.39 is 14.8 Å². The highest BCUT2D eigenvalue weighted by atomic mass is 32.2. The molecule has 1 aromatic rings. The van der Waals surface area contributed by atoms with Gasteiger partial charge in [-0.25, -0.2) is 17.9 Å². The van der Waals surface area contributed by atoms with Gasteiger partial charge in [0.1, 0.15) is 0 Å². The minimum absolute atomic E-state index is 0.0343. The minimum Gasteiger partial charge on any atom is -0.350 e. The van der Waals surface area contributed by atoms with Gasteiger partial charge in [0.25, 0.3) is 5.91 Å². The van der Waals surface area contributed by atoms with E-state index >= 15 is 0 Å². The Morgan fingerprint density at radius 1 is 0.939 bits per heavy atom. The van der Waals surface area contributed by atoms with Gasteiger partial charge in [0.15, 0.2) is 0 Å². The van der Waals surface area contributed by atoms with Crippen molar-refractivity contribution >= 4 is 27.6 Å². The van der Waals surface area contributed by atoms with E-state index in [1.165, 1.54) is 0 Å². The number of amides is 3. The molecule has 33 heavy (non-hydrogen) atoms. The Bertz CT molecular complexity index is 989. The number of rotatable bonds is 5. The molecule has 186 valence electrons. The number of nitrogens with one attached hydrogen (secondary N) is 3. The first-order valence-corrected chi connectivity index (χ1v) is 13.0. The summed E-state index contributed by atoms with van der Waals surface area (Å²) < 4.78 is 26.7. The number of hydrogen-bond donors (Lipinski definition) is 3. The van der Waals surface area contributed by atoms with Crippen LogP contribution in [-0.4, -0.2) is 55.2 Å². The summed E-state index contributed by atoms with van der Waals surface area (Å²) in [6, 6.07) is -0.353. The van der Waals surface area contributed by atoms with E-state index in [0.29, 0.717) is 31.5 Å². The van der Waals surface area contributed by atoms with Crippen molar-refractivity contribution in [1.82, 2.24) is 14.9 Å². The van der Waals surface area contributed by atoms with Gasteiger partial charge in [-0.1, -0.05) is 0 Å². The Morgan fingerprint density at radius 2 is 1.42 bits per heavy atom. The second-order valence-corrected chi connectivity index (χ2v) is 12.8. The average Bonchev–Trinajstić information content (AvgIpc) is 2.68. The summed E-state index contributed by atoms with van der Waals surface area (Å²) in [5.41, 5.74) is 4.82. The molecule has 1 fully saturated rings. The SMILES string of the molecule is Cc1c(C)c(C(=O)NC(C)C)c(C)c(C)c1NC(=O)N1CCC(NS(=O)(=O)C(C)(C)C)CC1. The third kappa shape index (κ3) is 6.06. The van der Waals surface area contributed by atoms with Gasteiger partial charge in [-0.2, -0.15) is 0 Å². The van der Waals surface area contributed by atoms with Crippen molar-refractivity contribution in [1.29, 1.82) is 0 Å². The van der Waals surface area contributed by atoms with Gasteiger partial charge in [0, 0.05) is 36.4 Å². The van der Waals surface area contributed by atoms with Gasteiger partial charge in [-0.3, -0.25) is 4.79 Å². The van der Waals surface area contributed by atoms with Crippen LogP contribution in [0.4, 0.5) is 10.5 Å². The summed E-state index contributed by atoms with van der Waals surface area (Å²) in [5.74, 6) is -0.108. The molecule has 0 saturated carbocycles. The van der Waals surface area contributed by atoms with Gasteiger partial charge in [-0.15, -0.1) is 0 Å². The zero-order valence-electron chi connectivity index (χ0n) is 21.5. The molecule has 0 aromatic heterocycles. The van der Waals surface area contributed by atoms with E-state index in [2.05, 4.69) is 15.4 Å². The molecule has 0 bridgehead atoms. The van der Waals surface area contributed by atoms with Gasteiger partial charge in [0.05, 0.1) is 4.75 Å². The van der Waals surface area contributed by atoms with Crippen molar-refractivity contribution in [3.63, 3.8) is 0 Å². The maximum atomic E-state index is 13.0. The number of nitrogens with zero attached hydrogens (tertiary/aromatic N) is 1. The van der Waals surface area contributed by atoms with Crippen LogP contribution in [0.2, 0.25) is 0 Å². The van der Waals surface area contributed by atoms with Crippen molar-refractivity contribution in [2.45, 2.75) is 92.0 Å². The molecule has 0 unspecified atom stereocenters. The number of urea groups is 1. The first kappa shape index (κ1) is 27.1. The van der Waals surface area contributed by atoms with Crippen LogP contribution in [0.3, 0.4) is 0 Å². The molecule has 1 heterocycles. The number of benzene rings is 1. The molecule has 1 aliphatic rings. The summed E-state index contributed by atoms with van der Waals surface area (Å²) >= 11 is 0. The summed E-state index contributed by atoms with van der Waals surface area (Å²) in [4.78, 5) is 27.4. The molecule has 3 amide bonds. The highest BCUT2D eigenvalue weighted by Gasteiger charge is 2.33. The number of carbonyl (C=O) groups is 2. The van der Waals surface area contributed by atoms with Crippen LogP contribution in [0.5, 0.6) is 0 Å². The maximum Gasteiger partial charge on any atom is 0.321 e. The predicted octanol–water partition coefficient (Wildman–Crippen LogP) is 3.77. The zero-order valence-corrected chi connectivity index (χ0v) is 22.3. The Balaban J connectivity index is 2.13. The first-order chi connectivity index (χ1) is 15.1. The summed E-state index contributed by atoms with van der Waals surface area (Å²) in [6.07, 6.45) is 1.13. The smallest absolute Gasteiger partial charge is 0.321 e. The molecule has 0 atom stereocenters. The van der Waals surface area contributed by atoms with Crippen LogP contribution in [0.1, 0.15) is 80.1 Å². The van der Waals surface area contributed by atoms with E-state index in [9.17, 15) is 18.0 Å². The second-order valence-electron chi connectivity index (χ2n) is 10.3. The van der Waals surface area contributed by atoms with Crippen molar-refractivity contribution in [2.24, 2.45) is 0 Å². The lowest BCUT2D eigenvalue weighted by atomic mass is 9.91. The van der Waals surface area contributed by atoms with Gasteiger partial charge >= 0.3 is 6.03 Å². The lowest BCUT2D eigenvalue weighted by Gasteiger charge is -2.34. The molecule has 1 saturated heterocycles. The highest BCUT2D eigenvalue weighted by molar-refractivity contribution is 7.90. The third-order valence-corrected chi connectivity index (χ3v) is 8.67. The van der Waals surface area contributed by atoms with Gasteiger partial charge in [0.2, 0.25) is 10.0 Å². The molecular formula is C24H40N4O4S. The van der Waals surface area contributed by atoms with Crippen LogP contribution < -0.4 is 15.4 Å². The number of hydrogen-bond acceptors (Lipinski definition) is 4. The third-order valence-electron chi connectivity index (χ3n) is 6.41. The number of anilines is 1. The molecule has 8 nitrogen and oxygen atoms in total. The normalized spacial score (nSPS) is 15.6. The van der Waals surface area contributed by atoms with Crippen LogP contribution in [0.25, 0.3) is 0 Å². The zero-order chi connectivity index (χ0) is 25.3. The van der Waals surface area contributed by atoms with Crippen LogP contribution in [0, 0.1) is 27.7 Å². The summed E-state index contributed by atoms with van der Waals surface area (Å²) in [6.45, 7) is 17.4. The van der Waals surface area contributed by atoms with E-state index in [-0.39, 0.29) is 24.0 Å². The van der Waals surface area contributed by atoms with Crippen molar-refractivity contribution in [2.75, 3.05) is 18.4 Å². The Labute approximate surface area is 198 Å². The number of sulfonamides is 1. The van der Waals surface area contributed by atoms with Crippen LogP contribution in [-0.2, 0) is 10.0 Å². The largest absolute Gasteiger partial charge is 0.350 e. The van der Waals surface area contributed by atoms with Crippen LogP contribution in [0.15, 0.2) is 0 Å². The van der Waals surface area contributed by atoms with Crippen molar-refractivity contribution in [3.05, 3.63) is 27.8 Å². The number of carbonyl (C=O) groups excluding carboxylic acids is 2. The number of piperidine rings is 1. The topological polar surface area (TPSA) is 108 Å². The number of likely N-dealkylation sites (tertiary alicyclic amines) is 1. The van der Waals surface area contributed by atoms with Crippen LogP contribution >= 0.6 is 0 Å². The Hall–Kier alpha value is -2.13. The molecule has 9 heteroatoms. The molecule has 0 radical (unpaired) electrons. The quantitative estimate of drug-likeness (QED) is 0.596. The lowest BCUT2D eigenvalue weighted by Crippen LogP contribution is -2.50. The van der Waals surface area contributed by atoms with Crippen molar-refractivity contribution in [3.8, 4) is 0 Å². The molecule has 2 rings (SSSR count). The van der Waals surface area contributed by atoms with E-state index in [4.69, 9.17) is 0 Å². The molecule has 3 N–H and O–H groups in total. The fourth-order valence-corrected chi connectivity index (χ4v) is 4.99. The second kappa shape index (κ2) is 10.0. The van der Waals surface area contributed by atoms with Crippen molar-refractivity contribution < 1.29 is 18.0 Å². The summed E-state index contributed by atoms with van der Waals surface area (Å²) in [5, 5.41) is 5.99. The highest BCUT2D eigenvalue weighted by Crippen LogP contribution is 2.31. The maximum absolute atomic E-state index is 13.0. The Morgan fingerprint density at radius 3 is 1.85 bits per heavy atom. The Kier molecular flexibility index (Phi) is 8.23. The van der Waals surface area contributed by atoms with E-state index in [1.807, 2.05) is 41.5 Å². The fourth-order valence-electron chi connectivity index (χ4n) is 3.96. The average molecular weight is 481 g/mol. The lowest BCUT2D eigenvalue weighted by molar-refractivity contribution is 0.0941. The van der Waals surface area contributed by atoms with Gasteiger partial charge < -0.3 is 15.5 Å². The molecule has 0 spiro atoms. The minimum atomic E-state index is -3.43. The first-order valence-electron chi connectivity index (χ1n) is 11.6. The van der Waals surface area contributed by atoms with Gasteiger partial charge in [-0.05, 0) is 97.4 Å².